The SMILES string of the molecule is C[C@@H](O)CN(Cc1ccc2c(c1)OCO2)Cc1cccn1-c1ccc(F)cc1. The molecule has 0 fully saturated rings. The number of nitrogens with zero attached hydrogens (tertiary/aromatic N) is 2. The summed E-state index contributed by atoms with van der Waals surface area (Å²) in [6.45, 7) is 3.87. The van der Waals surface area contributed by atoms with E-state index in [0.29, 0.717) is 19.6 Å². The second kappa shape index (κ2) is 8.04. The van der Waals surface area contributed by atoms with Crippen LogP contribution in [0.4, 0.5) is 4.39 Å². The summed E-state index contributed by atoms with van der Waals surface area (Å²) < 4.78 is 26.1. The highest BCUT2D eigenvalue weighted by Crippen LogP contribution is 2.33. The Morgan fingerprint density at radius 2 is 1.86 bits per heavy atom. The molecule has 2 aromatic carbocycles. The highest BCUT2D eigenvalue weighted by molar-refractivity contribution is 5.44. The van der Waals surface area contributed by atoms with E-state index in [4.69, 9.17) is 9.47 Å². The molecule has 4 rings (SSSR count). The molecule has 0 amide bonds. The van der Waals surface area contributed by atoms with Crippen LogP contribution in [0, 0.1) is 5.82 Å². The van der Waals surface area contributed by atoms with Crippen LogP contribution >= 0.6 is 0 Å². The minimum atomic E-state index is -0.455. The summed E-state index contributed by atoms with van der Waals surface area (Å²) in [5.41, 5.74) is 3.05. The molecule has 28 heavy (non-hydrogen) atoms. The summed E-state index contributed by atoms with van der Waals surface area (Å²) in [7, 11) is 0. The largest absolute Gasteiger partial charge is 0.454 e. The van der Waals surface area contributed by atoms with E-state index in [1.807, 2.05) is 41.1 Å². The van der Waals surface area contributed by atoms with Crippen molar-refractivity contribution in [3.05, 3.63) is 77.9 Å². The van der Waals surface area contributed by atoms with Crippen LogP contribution < -0.4 is 9.47 Å². The van der Waals surface area contributed by atoms with Crippen molar-refractivity contribution in [1.29, 1.82) is 0 Å². The van der Waals surface area contributed by atoms with Gasteiger partial charge < -0.3 is 19.1 Å². The first-order chi connectivity index (χ1) is 13.6. The Balaban J connectivity index is 1.54. The molecule has 6 heteroatoms. The lowest BCUT2D eigenvalue weighted by molar-refractivity contribution is 0.117. The van der Waals surface area contributed by atoms with Gasteiger partial charge >= 0.3 is 0 Å². The first-order valence-corrected chi connectivity index (χ1v) is 9.29. The summed E-state index contributed by atoms with van der Waals surface area (Å²) >= 11 is 0. The van der Waals surface area contributed by atoms with E-state index in [1.165, 1.54) is 12.1 Å². The summed E-state index contributed by atoms with van der Waals surface area (Å²) in [6, 6.07) is 16.4. The fraction of sp³-hybridized carbons (Fsp3) is 0.273. The van der Waals surface area contributed by atoms with Gasteiger partial charge in [-0.25, -0.2) is 4.39 Å². The molecule has 1 aliphatic rings. The average Bonchev–Trinajstić information content (AvgIpc) is 3.30. The molecule has 1 atom stereocenters. The Kier molecular flexibility index (Phi) is 5.32. The van der Waals surface area contributed by atoms with E-state index >= 15 is 0 Å². The predicted octanol–water partition coefficient (Wildman–Crippen LogP) is 3.73. The second-order valence-electron chi connectivity index (χ2n) is 7.05. The molecule has 0 radical (unpaired) electrons. The number of rotatable bonds is 7. The number of aliphatic hydroxyl groups is 1. The van der Waals surface area contributed by atoms with Crippen LogP contribution in [0.3, 0.4) is 0 Å². The van der Waals surface area contributed by atoms with Gasteiger partial charge in [0.05, 0.1) is 6.10 Å². The quantitative estimate of drug-likeness (QED) is 0.676. The number of halogens is 1. The smallest absolute Gasteiger partial charge is 0.231 e. The van der Waals surface area contributed by atoms with Gasteiger partial charge in [0.1, 0.15) is 5.82 Å². The minimum Gasteiger partial charge on any atom is -0.454 e. The van der Waals surface area contributed by atoms with E-state index in [-0.39, 0.29) is 12.6 Å². The summed E-state index contributed by atoms with van der Waals surface area (Å²) in [6.07, 6.45) is 1.51. The Morgan fingerprint density at radius 3 is 2.64 bits per heavy atom. The lowest BCUT2D eigenvalue weighted by Gasteiger charge is -2.25. The molecule has 2 heterocycles. The van der Waals surface area contributed by atoms with Crippen LogP contribution in [0.15, 0.2) is 60.8 Å². The van der Waals surface area contributed by atoms with E-state index in [0.717, 1.165) is 28.4 Å². The zero-order valence-electron chi connectivity index (χ0n) is 15.7. The van der Waals surface area contributed by atoms with Crippen LogP contribution in [-0.2, 0) is 13.1 Å². The van der Waals surface area contributed by atoms with Gasteiger partial charge in [-0.1, -0.05) is 6.07 Å². The third kappa shape index (κ3) is 4.18. The zero-order chi connectivity index (χ0) is 19.5. The van der Waals surface area contributed by atoms with Crippen molar-refractivity contribution in [2.45, 2.75) is 26.1 Å². The highest BCUT2D eigenvalue weighted by atomic mass is 19.1. The maximum Gasteiger partial charge on any atom is 0.231 e. The fourth-order valence-corrected chi connectivity index (χ4v) is 3.48. The fourth-order valence-electron chi connectivity index (χ4n) is 3.48. The van der Waals surface area contributed by atoms with Gasteiger partial charge in [-0.2, -0.15) is 0 Å². The third-order valence-corrected chi connectivity index (χ3v) is 4.69. The van der Waals surface area contributed by atoms with Crippen molar-refractivity contribution in [2.75, 3.05) is 13.3 Å². The van der Waals surface area contributed by atoms with Gasteiger partial charge in [-0.3, -0.25) is 4.90 Å². The van der Waals surface area contributed by atoms with Crippen molar-refractivity contribution < 1.29 is 19.0 Å². The van der Waals surface area contributed by atoms with Gasteiger partial charge in [0.15, 0.2) is 11.5 Å². The van der Waals surface area contributed by atoms with Crippen molar-refractivity contribution in [3.8, 4) is 17.2 Å². The van der Waals surface area contributed by atoms with Crippen LogP contribution in [0.5, 0.6) is 11.5 Å². The first-order valence-electron chi connectivity index (χ1n) is 9.29. The molecule has 0 saturated heterocycles. The van der Waals surface area contributed by atoms with Gasteiger partial charge in [-0.05, 0) is 61.0 Å². The maximum atomic E-state index is 13.3. The number of aromatic nitrogens is 1. The molecule has 1 N–H and O–H groups in total. The van der Waals surface area contributed by atoms with Gasteiger partial charge in [-0.15, -0.1) is 0 Å². The van der Waals surface area contributed by atoms with Crippen molar-refractivity contribution in [1.82, 2.24) is 9.47 Å². The average molecular weight is 382 g/mol. The predicted molar refractivity (Wildman–Crippen MR) is 104 cm³/mol. The number of aliphatic hydroxyl groups excluding tert-OH is 1. The number of hydrogen-bond donors (Lipinski definition) is 1. The lowest BCUT2D eigenvalue weighted by atomic mass is 10.1. The highest BCUT2D eigenvalue weighted by Gasteiger charge is 2.17. The van der Waals surface area contributed by atoms with Crippen LogP contribution in [0.1, 0.15) is 18.2 Å². The van der Waals surface area contributed by atoms with E-state index in [2.05, 4.69) is 4.90 Å². The Labute approximate surface area is 163 Å². The van der Waals surface area contributed by atoms with Gasteiger partial charge in [0, 0.05) is 37.2 Å². The lowest BCUT2D eigenvalue weighted by Crippen LogP contribution is -2.31. The summed E-state index contributed by atoms with van der Waals surface area (Å²) in [4.78, 5) is 2.18. The minimum absolute atomic E-state index is 0.251. The molecule has 0 bridgehead atoms. The maximum absolute atomic E-state index is 13.3. The monoisotopic (exact) mass is 382 g/mol. The standard InChI is InChI=1S/C22H23FN2O3/c1-16(26)12-24(13-17-4-9-21-22(11-17)28-15-27-21)14-20-3-2-10-25(20)19-7-5-18(23)6-8-19/h2-11,16,26H,12-15H2,1H3/t16-/m1/s1. The van der Waals surface area contributed by atoms with Crippen LogP contribution in [0.2, 0.25) is 0 Å². The normalized spacial score (nSPS) is 13.9. The van der Waals surface area contributed by atoms with Crippen molar-refractivity contribution in [3.63, 3.8) is 0 Å². The molecular weight excluding hydrogens is 359 g/mol. The number of hydrogen-bond acceptors (Lipinski definition) is 4. The summed E-state index contributed by atoms with van der Waals surface area (Å²) in [5, 5.41) is 9.97. The number of benzene rings is 2. The van der Waals surface area contributed by atoms with Crippen molar-refractivity contribution >= 4 is 0 Å². The van der Waals surface area contributed by atoms with E-state index < -0.39 is 6.10 Å². The number of ether oxygens (including phenoxy) is 2. The molecular formula is C22H23FN2O3. The Bertz CT molecular complexity index is 937. The van der Waals surface area contributed by atoms with Crippen LogP contribution in [-0.4, -0.2) is 34.0 Å². The molecule has 0 aliphatic carbocycles. The molecule has 1 aliphatic heterocycles. The first kappa shape index (κ1) is 18.5. The molecule has 3 aromatic rings. The number of fused-ring (bicyclic) bond motifs is 1. The summed E-state index contributed by atoms with van der Waals surface area (Å²) in [5.74, 6) is 1.26. The molecule has 146 valence electrons. The van der Waals surface area contributed by atoms with Gasteiger partial charge in [0.2, 0.25) is 6.79 Å². The van der Waals surface area contributed by atoms with Crippen LogP contribution in [0.25, 0.3) is 5.69 Å². The molecule has 5 nitrogen and oxygen atoms in total. The van der Waals surface area contributed by atoms with Gasteiger partial charge in [0.25, 0.3) is 0 Å². The topological polar surface area (TPSA) is 46.9 Å². The zero-order valence-corrected chi connectivity index (χ0v) is 15.7. The Morgan fingerprint density at radius 1 is 1.07 bits per heavy atom. The molecule has 0 unspecified atom stereocenters. The Hall–Kier alpha value is -2.83. The van der Waals surface area contributed by atoms with Crippen molar-refractivity contribution in [2.24, 2.45) is 0 Å². The second-order valence-corrected chi connectivity index (χ2v) is 7.05. The van der Waals surface area contributed by atoms with E-state index in [1.54, 1.807) is 19.1 Å². The molecule has 0 spiro atoms. The third-order valence-electron chi connectivity index (χ3n) is 4.69. The molecule has 1 aromatic heterocycles. The van der Waals surface area contributed by atoms with E-state index in [9.17, 15) is 9.50 Å². The molecule has 0 saturated carbocycles.